The molecule has 3 N–H and O–H groups in total. The molecule has 4 rings (SSSR count). The molecular formula is C25H19BrFN3O7S2. The summed E-state index contributed by atoms with van der Waals surface area (Å²) >= 11 is 3.98. The molecule has 0 saturated carbocycles. The molecule has 0 aromatic heterocycles. The number of thioether (sulfide) groups is 1. The summed E-state index contributed by atoms with van der Waals surface area (Å²) in [6.07, 6.45) is 0.242. The summed E-state index contributed by atoms with van der Waals surface area (Å²) in [6.45, 7) is -0.825. The molecule has 10 nitrogen and oxygen atoms in total. The molecule has 39 heavy (non-hydrogen) atoms. The van der Waals surface area contributed by atoms with E-state index in [1.165, 1.54) is 60.7 Å². The van der Waals surface area contributed by atoms with Crippen LogP contribution in [-0.4, -0.2) is 48.3 Å². The van der Waals surface area contributed by atoms with Crippen molar-refractivity contribution < 1.29 is 37.1 Å². The predicted octanol–water partition coefficient (Wildman–Crippen LogP) is 4.01. The zero-order valence-electron chi connectivity index (χ0n) is 19.8. The lowest BCUT2D eigenvalue weighted by Gasteiger charge is -2.22. The number of carboxylic acid groups (broad SMARTS) is 1. The first-order valence-corrected chi connectivity index (χ1v) is 14.3. The lowest BCUT2D eigenvalue weighted by molar-refractivity contribution is -0.135. The number of hydrogen-bond acceptors (Lipinski definition) is 7. The van der Waals surface area contributed by atoms with E-state index >= 15 is 0 Å². The van der Waals surface area contributed by atoms with Crippen LogP contribution in [0.3, 0.4) is 0 Å². The molecule has 1 atom stereocenters. The fourth-order valence-corrected chi connectivity index (χ4v) is 5.98. The van der Waals surface area contributed by atoms with Crippen LogP contribution >= 0.6 is 27.7 Å². The average molecular weight is 636 g/mol. The Hall–Kier alpha value is -3.75. The van der Waals surface area contributed by atoms with Gasteiger partial charge in [-0.15, -0.1) is 0 Å². The molecule has 1 saturated heterocycles. The summed E-state index contributed by atoms with van der Waals surface area (Å²) in [5, 5.41) is 10.5. The first-order chi connectivity index (χ1) is 18.4. The number of nitrogens with one attached hydrogen (secondary N) is 2. The lowest BCUT2D eigenvalue weighted by atomic mass is 10.1. The highest BCUT2D eigenvalue weighted by molar-refractivity contribution is 9.10. The van der Waals surface area contributed by atoms with Crippen LogP contribution in [0.1, 0.15) is 15.9 Å². The van der Waals surface area contributed by atoms with Gasteiger partial charge >= 0.3 is 5.97 Å². The maximum absolute atomic E-state index is 14.6. The van der Waals surface area contributed by atoms with Crippen molar-refractivity contribution in [1.29, 1.82) is 0 Å². The number of benzene rings is 3. The minimum Gasteiger partial charge on any atom is -0.480 e. The SMILES string of the molecule is O=C(O)CN(C(=O)c1cccc(NS(=O)(=O)c2ccc(CC3SC(=O)NC3=O)cc2)c1)c1ccc(Br)cc1F. The standard InChI is InChI=1S/C25H19BrFN3O7S2/c26-16-6-9-20(19(27)12-16)30(13-22(31)32)24(34)15-2-1-3-17(11-15)29-39(36,37)18-7-4-14(5-8-18)10-21-23(33)28-25(35)38-21/h1-9,11-12,21,29H,10,13H2,(H,31,32)(H,28,33,35). The molecule has 3 aromatic rings. The predicted molar refractivity (Wildman–Crippen MR) is 146 cm³/mol. The smallest absolute Gasteiger partial charge is 0.323 e. The van der Waals surface area contributed by atoms with E-state index in [0.29, 0.717) is 10.0 Å². The van der Waals surface area contributed by atoms with Crippen LogP contribution < -0.4 is 14.9 Å². The van der Waals surface area contributed by atoms with Crippen LogP contribution in [0.15, 0.2) is 76.1 Å². The summed E-state index contributed by atoms with van der Waals surface area (Å²) < 4.78 is 43.2. The van der Waals surface area contributed by atoms with E-state index in [-0.39, 0.29) is 28.3 Å². The van der Waals surface area contributed by atoms with Crippen molar-refractivity contribution in [2.45, 2.75) is 16.6 Å². The maximum Gasteiger partial charge on any atom is 0.323 e. The Labute approximate surface area is 234 Å². The maximum atomic E-state index is 14.6. The Morgan fingerprint density at radius 3 is 2.41 bits per heavy atom. The van der Waals surface area contributed by atoms with E-state index in [0.717, 1.165) is 22.7 Å². The Balaban J connectivity index is 1.52. The summed E-state index contributed by atoms with van der Waals surface area (Å²) in [4.78, 5) is 48.3. The average Bonchev–Trinajstić information content (AvgIpc) is 3.18. The third-order valence-electron chi connectivity index (χ3n) is 5.52. The van der Waals surface area contributed by atoms with Crippen molar-refractivity contribution in [2.24, 2.45) is 0 Å². The molecule has 0 radical (unpaired) electrons. The topological polar surface area (TPSA) is 150 Å². The number of rotatable bonds is 9. The van der Waals surface area contributed by atoms with Gasteiger partial charge in [0.1, 0.15) is 12.4 Å². The number of nitrogens with zero attached hydrogens (tertiary/aromatic N) is 1. The molecule has 3 aromatic carbocycles. The van der Waals surface area contributed by atoms with Crippen LogP contribution in [0.4, 0.5) is 20.6 Å². The van der Waals surface area contributed by atoms with E-state index in [2.05, 4.69) is 26.0 Å². The third kappa shape index (κ3) is 6.82. The highest BCUT2D eigenvalue weighted by Gasteiger charge is 2.31. The van der Waals surface area contributed by atoms with Crippen LogP contribution in [0.25, 0.3) is 0 Å². The van der Waals surface area contributed by atoms with Crippen molar-refractivity contribution in [3.8, 4) is 0 Å². The molecule has 0 aliphatic carbocycles. The highest BCUT2D eigenvalue weighted by atomic mass is 79.9. The van der Waals surface area contributed by atoms with Gasteiger partial charge in [-0.2, -0.15) is 0 Å². The van der Waals surface area contributed by atoms with Gasteiger partial charge in [-0.1, -0.05) is 45.9 Å². The molecule has 1 aliphatic heterocycles. The number of sulfonamides is 1. The monoisotopic (exact) mass is 635 g/mol. The number of anilines is 2. The number of aliphatic carboxylic acids is 1. The van der Waals surface area contributed by atoms with Crippen LogP contribution in [0.5, 0.6) is 0 Å². The molecule has 0 spiro atoms. The number of carbonyl (C=O) groups is 4. The van der Waals surface area contributed by atoms with Gasteiger partial charge in [0.05, 0.1) is 15.8 Å². The van der Waals surface area contributed by atoms with Gasteiger partial charge in [-0.3, -0.25) is 34.1 Å². The second-order valence-electron chi connectivity index (χ2n) is 8.30. The number of carbonyl (C=O) groups excluding carboxylic acids is 3. The Morgan fingerprint density at radius 1 is 1.08 bits per heavy atom. The van der Waals surface area contributed by atoms with Gasteiger partial charge in [0, 0.05) is 15.7 Å². The van der Waals surface area contributed by atoms with Crippen molar-refractivity contribution in [3.05, 3.63) is 88.1 Å². The van der Waals surface area contributed by atoms with Gasteiger partial charge in [-0.05, 0) is 60.5 Å². The molecule has 14 heteroatoms. The zero-order valence-corrected chi connectivity index (χ0v) is 23.0. The van der Waals surface area contributed by atoms with Crippen LogP contribution in [0.2, 0.25) is 0 Å². The molecule has 1 fully saturated rings. The molecule has 1 heterocycles. The van der Waals surface area contributed by atoms with Gasteiger partial charge in [0.2, 0.25) is 5.91 Å². The fourth-order valence-electron chi connectivity index (χ4n) is 3.73. The minimum atomic E-state index is -4.10. The third-order valence-corrected chi connectivity index (χ3v) is 8.39. The second kappa shape index (κ2) is 11.6. The van der Waals surface area contributed by atoms with Gasteiger partial charge in [-0.25, -0.2) is 12.8 Å². The summed E-state index contributed by atoms with van der Waals surface area (Å²) in [7, 11) is -4.10. The van der Waals surface area contributed by atoms with E-state index in [1.54, 1.807) is 0 Å². The van der Waals surface area contributed by atoms with Crippen molar-refractivity contribution in [1.82, 2.24) is 5.32 Å². The molecule has 0 bridgehead atoms. The number of amides is 3. The van der Waals surface area contributed by atoms with Gasteiger partial charge in [0.25, 0.3) is 21.2 Å². The summed E-state index contributed by atoms with van der Waals surface area (Å²) in [5.74, 6) is -3.44. The number of hydrogen-bond donors (Lipinski definition) is 3. The first-order valence-electron chi connectivity index (χ1n) is 11.1. The number of carboxylic acids is 1. The van der Waals surface area contributed by atoms with Crippen molar-refractivity contribution >= 4 is 72.1 Å². The highest BCUT2D eigenvalue weighted by Crippen LogP contribution is 2.27. The van der Waals surface area contributed by atoms with E-state index in [1.807, 2.05) is 0 Å². The Morgan fingerprint density at radius 2 is 1.79 bits per heavy atom. The van der Waals surface area contributed by atoms with E-state index < -0.39 is 50.7 Å². The quantitative estimate of drug-likeness (QED) is 0.319. The molecule has 1 unspecified atom stereocenters. The molecular weight excluding hydrogens is 617 g/mol. The number of halogens is 2. The van der Waals surface area contributed by atoms with Gasteiger partial charge < -0.3 is 5.11 Å². The minimum absolute atomic E-state index is 0.0222. The lowest BCUT2D eigenvalue weighted by Crippen LogP contribution is -2.36. The molecule has 202 valence electrons. The second-order valence-corrected chi connectivity index (χ2v) is 12.1. The van der Waals surface area contributed by atoms with Crippen LogP contribution in [0, 0.1) is 5.82 Å². The largest absolute Gasteiger partial charge is 0.480 e. The Kier molecular flexibility index (Phi) is 8.37. The number of imide groups is 1. The summed E-state index contributed by atoms with van der Waals surface area (Å²) in [6, 6.07) is 14.9. The van der Waals surface area contributed by atoms with E-state index in [4.69, 9.17) is 0 Å². The van der Waals surface area contributed by atoms with Crippen LogP contribution in [-0.2, 0) is 26.0 Å². The zero-order chi connectivity index (χ0) is 28.3. The first kappa shape index (κ1) is 28.3. The van der Waals surface area contributed by atoms with Gasteiger partial charge in [0.15, 0.2) is 0 Å². The molecule has 1 aliphatic rings. The normalized spacial score (nSPS) is 15.1. The fraction of sp³-hybridized carbons (Fsp3) is 0.120. The van der Waals surface area contributed by atoms with Crippen molar-refractivity contribution in [2.75, 3.05) is 16.2 Å². The Bertz CT molecular complexity index is 1580. The van der Waals surface area contributed by atoms with E-state index in [9.17, 15) is 37.1 Å². The van der Waals surface area contributed by atoms with Crippen molar-refractivity contribution in [3.63, 3.8) is 0 Å². The molecule has 3 amide bonds. The summed E-state index contributed by atoms with van der Waals surface area (Å²) in [5.41, 5.74) is 0.349.